The van der Waals surface area contributed by atoms with Crippen molar-refractivity contribution in [2.24, 2.45) is 7.05 Å². The molecule has 28 heavy (non-hydrogen) atoms. The van der Waals surface area contributed by atoms with Crippen LogP contribution in [0.2, 0.25) is 0 Å². The molecule has 1 amide bonds. The second-order valence-corrected chi connectivity index (χ2v) is 8.20. The van der Waals surface area contributed by atoms with Gasteiger partial charge in [-0.15, -0.1) is 0 Å². The van der Waals surface area contributed by atoms with Gasteiger partial charge < -0.3 is 20.3 Å². The number of nitrogen functional groups attached to an aromatic ring is 1. The van der Waals surface area contributed by atoms with Crippen molar-refractivity contribution in [3.05, 3.63) is 18.6 Å². The minimum Gasteiger partial charge on any atom is -0.444 e. The number of aryl methyl sites for hydroxylation is 1. The highest BCUT2D eigenvalue weighted by atomic mass is 16.6. The van der Waals surface area contributed by atoms with Gasteiger partial charge in [-0.1, -0.05) is 0 Å². The van der Waals surface area contributed by atoms with E-state index in [4.69, 9.17) is 10.5 Å². The Morgan fingerprint density at radius 2 is 2.11 bits per heavy atom. The fraction of sp³-hybridized carbons (Fsp3) is 0.579. The zero-order valence-corrected chi connectivity index (χ0v) is 17.2. The normalized spacial score (nSPS) is 17.5. The van der Waals surface area contributed by atoms with Crippen molar-refractivity contribution in [3.8, 4) is 11.1 Å². The number of likely N-dealkylation sites (N-methyl/N-ethyl adjacent to an activating group) is 1. The molecule has 152 valence electrons. The van der Waals surface area contributed by atoms with Gasteiger partial charge in [-0.05, 0) is 33.6 Å². The minimum atomic E-state index is -0.520. The van der Waals surface area contributed by atoms with Crippen LogP contribution >= 0.6 is 0 Å². The molecule has 0 saturated carbocycles. The number of hydrogen-bond donors (Lipinski definition) is 1. The number of nitrogens with two attached hydrogens (primary N) is 1. The number of rotatable bonds is 3. The first kappa shape index (κ1) is 19.9. The van der Waals surface area contributed by atoms with Crippen LogP contribution in [0, 0.1) is 0 Å². The molecule has 1 fully saturated rings. The average Bonchev–Trinajstić information content (AvgIpc) is 3.06. The molecule has 0 aliphatic carbocycles. The third-order valence-corrected chi connectivity index (χ3v) is 4.73. The topological polar surface area (TPSA) is 102 Å². The summed E-state index contributed by atoms with van der Waals surface area (Å²) in [5.41, 5.74) is 7.16. The summed E-state index contributed by atoms with van der Waals surface area (Å²) >= 11 is 0. The lowest BCUT2D eigenvalue weighted by Gasteiger charge is -2.39. The van der Waals surface area contributed by atoms with Gasteiger partial charge in [-0.3, -0.25) is 4.68 Å². The SMILES string of the molecule is CN(C(=O)OC(C)(C)C)[C@@H]1CCCN(c2nc(N)ncc2-c2cnn(C)c2)C1. The molecule has 3 heterocycles. The van der Waals surface area contributed by atoms with Gasteiger partial charge in [0.25, 0.3) is 0 Å². The van der Waals surface area contributed by atoms with E-state index in [9.17, 15) is 4.79 Å². The smallest absolute Gasteiger partial charge is 0.410 e. The van der Waals surface area contributed by atoms with E-state index in [0.29, 0.717) is 6.54 Å². The van der Waals surface area contributed by atoms with Gasteiger partial charge in [0, 0.05) is 50.7 Å². The van der Waals surface area contributed by atoms with Gasteiger partial charge >= 0.3 is 6.09 Å². The Hall–Kier alpha value is -2.84. The highest BCUT2D eigenvalue weighted by Gasteiger charge is 2.30. The molecule has 1 aliphatic heterocycles. The average molecular weight is 387 g/mol. The van der Waals surface area contributed by atoms with Gasteiger partial charge in [-0.25, -0.2) is 9.78 Å². The summed E-state index contributed by atoms with van der Waals surface area (Å²) in [5.74, 6) is 0.994. The molecule has 3 rings (SSSR count). The highest BCUT2D eigenvalue weighted by molar-refractivity contribution is 5.75. The second kappa shape index (κ2) is 7.65. The van der Waals surface area contributed by atoms with E-state index in [1.54, 1.807) is 29.0 Å². The predicted molar refractivity (Wildman–Crippen MR) is 108 cm³/mol. The molecule has 1 saturated heterocycles. The first-order chi connectivity index (χ1) is 13.1. The van der Waals surface area contributed by atoms with E-state index in [1.807, 2.05) is 34.0 Å². The van der Waals surface area contributed by atoms with Crippen LogP contribution in [0.15, 0.2) is 18.6 Å². The Bertz CT molecular complexity index is 843. The number of anilines is 2. The molecule has 1 aliphatic rings. The van der Waals surface area contributed by atoms with E-state index in [2.05, 4.69) is 20.0 Å². The molecule has 9 heteroatoms. The van der Waals surface area contributed by atoms with E-state index in [0.717, 1.165) is 36.3 Å². The standard InChI is InChI=1S/C19H29N7O2/c1-19(2,3)28-18(27)25(5)14-7-6-8-26(12-14)16-15(10-21-17(20)23-16)13-9-22-24(4)11-13/h9-11,14H,6-8,12H2,1-5H3,(H2,20,21,23)/t14-/m1/s1. The molecular weight excluding hydrogens is 358 g/mol. The first-order valence-electron chi connectivity index (χ1n) is 9.46. The molecule has 0 aromatic carbocycles. The van der Waals surface area contributed by atoms with Gasteiger partial charge in [0.15, 0.2) is 0 Å². The maximum atomic E-state index is 12.5. The lowest BCUT2D eigenvalue weighted by atomic mass is 10.0. The summed E-state index contributed by atoms with van der Waals surface area (Å²) in [7, 11) is 3.66. The van der Waals surface area contributed by atoms with Crippen LogP contribution in [0.5, 0.6) is 0 Å². The van der Waals surface area contributed by atoms with Crippen molar-refractivity contribution in [1.82, 2.24) is 24.6 Å². The third kappa shape index (κ3) is 4.52. The Kier molecular flexibility index (Phi) is 5.44. The van der Waals surface area contributed by atoms with Crippen LogP contribution in [0.3, 0.4) is 0 Å². The van der Waals surface area contributed by atoms with E-state index in [1.165, 1.54) is 0 Å². The fourth-order valence-corrected chi connectivity index (χ4v) is 3.34. The number of nitrogens with zero attached hydrogens (tertiary/aromatic N) is 6. The second-order valence-electron chi connectivity index (χ2n) is 8.20. The zero-order chi connectivity index (χ0) is 20.5. The molecule has 2 aromatic rings. The van der Waals surface area contributed by atoms with Gasteiger partial charge in [0.1, 0.15) is 11.4 Å². The summed E-state index contributed by atoms with van der Waals surface area (Å²) in [6.45, 7) is 7.10. The van der Waals surface area contributed by atoms with Gasteiger partial charge in [-0.2, -0.15) is 10.1 Å². The fourth-order valence-electron chi connectivity index (χ4n) is 3.34. The number of piperidine rings is 1. The van der Waals surface area contributed by atoms with Gasteiger partial charge in [0.05, 0.1) is 12.2 Å². The number of amides is 1. The van der Waals surface area contributed by atoms with E-state index >= 15 is 0 Å². The van der Waals surface area contributed by atoms with E-state index < -0.39 is 5.60 Å². The Morgan fingerprint density at radius 1 is 1.36 bits per heavy atom. The van der Waals surface area contributed by atoms with Crippen molar-refractivity contribution >= 4 is 17.9 Å². The van der Waals surface area contributed by atoms with Crippen molar-refractivity contribution in [2.45, 2.75) is 45.3 Å². The summed E-state index contributed by atoms with van der Waals surface area (Å²) in [6, 6.07) is 0.0292. The van der Waals surface area contributed by atoms with Crippen LogP contribution in [0.25, 0.3) is 11.1 Å². The molecule has 0 unspecified atom stereocenters. The molecule has 0 spiro atoms. The Morgan fingerprint density at radius 3 is 2.75 bits per heavy atom. The van der Waals surface area contributed by atoms with Crippen LogP contribution < -0.4 is 10.6 Å². The van der Waals surface area contributed by atoms with Crippen molar-refractivity contribution < 1.29 is 9.53 Å². The molecule has 0 radical (unpaired) electrons. The lowest BCUT2D eigenvalue weighted by molar-refractivity contribution is 0.0209. The lowest BCUT2D eigenvalue weighted by Crippen LogP contribution is -2.50. The van der Waals surface area contributed by atoms with Crippen molar-refractivity contribution in [1.29, 1.82) is 0 Å². The van der Waals surface area contributed by atoms with Crippen LogP contribution in [-0.2, 0) is 11.8 Å². The number of carbonyl (C=O) groups excluding carboxylic acids is 1. The number of ether oxygens (including phenoxy) is 1. The van der Waals surface area contributed by atoms with Crippen LogP contribution in [0.4, 0.5) is 16.6 Å². The third-order valence-electron chi connectivity index (χ3n) is 4.73. The maximum Gasteiger partial charge on any atom is 0.410 e. The number of hydrogen-bond acceptors (Lipinski definition) is 7. The molecule has 2 aromatic heterocycles. The van der Waals surface area contributed by atoms with Crippen LogP contribution in [-0.4, -0.2) is 62.5 Å². The highest BCUT2D eigenvalue weighted by Crippen LogP contribution is 2.31. The summed E-state index contributed by atoms with van der Waals surface area (Å²) in [5, 5.41) is 4.24. The summed E-state index contributed by atoms with van der Waals surface area (Å²) < 4.78 is 7.26. The molecule has 9 nitrogen and oxygen atoms in total. The molecule has 1 atom stereocenters. The van der Waals surface area contributed by atoms with Gasteiger partial charge in [0.2, 0.25) is 5.95 Å². The largest absolute Gasteiger partial charge is 0.444 e. The quantitative estimate of drug-likeness (QED) is 0.862. The minimum absolute atomic E-state index is 0.0292. The maximum absolute atomic E-state index is 12.5. The van der Waals surface area contributed by atoms with E-state index in [-0.39, 0.29) is 18.1 Å². The Balaban J connectivity index is 1.83. The van der Waals surface area contributed by atoms with Crippen molar-refractivity contribution in [3.63, 3.8) is 0 Å². The monoisotopic (exact) mass is 387 g/mol. The zero-order valence-electron chi connectivity index (χ0n) is 17.2. The molecule has 2 N–H and O–H groups in total. The summed E-state index contributed by atoms with van der Waals surface area (Å²) in [6.07, 6.45) is 6.98. The van der Waals surface area contributed by atoms with Crippen LogP contribution in [0.1, 0.15) is 33.6 Å². The number of aromatic nitrogens is 4. The first-order valence-corrected chi connectivity index (χ1v) is 9.46. The predicted octanol–water partition coefficient (Wildman–Crippen LogP) is 2.29. The molecule has 0 bridgehead atoms. The number of carbonyl (C=O) groups is 1. The van der Waals surface area contributed by atoms with Crippen molar-refractivity contribution in [2.75, 3.05) is 30.8 Å². The molecular formula is C19H29N7O2. The Labute approximate surface area is 165 Å². The summed E-state index contributed by atoms with van der Waals surface area (Å²) in [4.78, 5) is 25.0.